The largest absolute Gasteiger partial charge is 0.378 e. The van der Waals surface area contributed by atoms with Crippen molar-refractivity contribution >= 4 is 23.5 Å². The van der Waals surface area contributed by atoms with Gasteiger partial charge >= 0.3 is 0 Å². The summed E-state index contributed by atoms with van der Waals surface area (Å²) in [4.78, 5) is 9.14. The summed E-state index contributed by atoms with van der Waals surface area (Å²) in [6, 6.07) is 12.4. The maximum atomic E-state index is 5.47. The van der Waals surface area contributed by atoms with Crippen molar-refractivity contribution in [2.24, 2.45) is 5.10 Å². The summed E-state index contributed by atoms with van der Waals surface area (Å²) in [5.74, 6) is 1.68. The predicted octanol–water partition coefficient (Wildman–Crippen LogP) is 3.13. The van der Waals surface area contributed by atoms with Crippen molar-refractivity contribution in [1.29, 1.82) is 0 Å². The van der Waals surface area contributed by atoms with Crippen molar-refractivity contribution in [1.82, 2.24) is 4.98 Å². The van der Waals surface area contributed by atoms with Gasteiger partial charge in [-0.3, -0.25) is 5.43 Å². The molecule has 1 fully saturated rings. The molecular weight excluding hydrogens is 326 g/mol. The normalized spacial score (nSPS) is 14.7. The summed E-state index contributed by atoms with van der Waals surface area (Å²) in [6.07, 6.45) is 1.82. The van der Waals surface area contributed by atoms with Crippen LogP contribution in [0.3, 0.4) is 0 Å². The number of anilines is 3. The Balaban J connectivity index is 1.80. The molecule has 26 heavy (non-hydrogen) atoms. The van der Waals surface area contributed by atoms with Gasteiger partial charge in [-0.2, -0.15) is 5.10 Å². The van der Waals surface area contributed by atoms with Gasteiger partial charge in [-0.1, -0.05) is 29.8 Å². The van der Waals surface area contributed by atoms with Gasteiger partial charge in [0.05, 0.1) is 19.4 Å². The average Bonchev–Trinajstić information content (AvgIpc) is 2.68. The van der Waals surface area contributed by atoms with Crippen molar-refractivity contribution in [3.63, 3.8) is 0 Å². The van der Waals surface area contributed by atoms with E-state index in [1.807, 2.05) is 31.5 Å². The van der Waals surface area contributed by atoms with Gasteiger partial charge in [-0.25, -0.2) is 4.98 Å². The van der Waals surface area contributed by atoms with Crippen LogP contribution in [0.4, 0.5) is 17.3 Å². The van der Waals surface area contributed by atoms with Gasteiger partial charge < -0.3 is 14.5 Å². The SMILES string of the molecule is CCN(C)c1cc(N2CCOCC2)cc(NN=Cc2cccc(C)c2)n1. The molecule has 2 heterocycles. The fourth-order valence-electron chi connectivity index (χ4n) is 2.84. The van der Waals surface area contributed by atoms with Crippen molar-refractivity contribution in [3.05, 3.63) is 47.5 Å². The van der Waals surface area contributed by atoms with E-state index in [4.69, 9.17) is 9.72 Å². The van der Waals surface area contributed by atoms with Crippen molar-refractivity contribution in [2.75, 3.05) is 55.1 Å². The molecule has 1 aliphatic heterocycles. The summed E-state index contributed by atoms with van der Waals surface area (Å²) < 4.78 is 5.47. The molecule has 0 radical (unpaired) electrons. The fraction of sp³-hybridized carbons (Fsp3) is 0.400. The van der Waals surface area contributed by atoms with Gasteiger partial charge in [0.2, 0.25) is 0 Å². The topological polar surface area (TPSA) is 53.0 Å². The molecule has 6 nitrogen and oxygen atoms in total. The van der Waals surface area contributed by atoms with E-state index in [0.29, 0.717) is 0 Å². The number of hydrogen-bond donors (Lipinski definition) is 1. The summed E-state index contributed by atoms with van der Waals surface area (Å²) in [6.45, 7) is 8.39. The standard InChI is InChI=1S/C20H27N5O/c1-4-24(3)20-14-18(25-8-10-26-11-9-25)13-19(22-20)23-21-15-17-7-5-6-16(2)12-17/h5-7,12-15H,4,8-11H2,1-3H3,(H,22,23). The molecule has 138 valence electrons. The van der Waals surface area contributed by atoms with E-state index < -0.39 is 0 Å². The third-order valence-corrected chi connectivity index (χ3v) is 4.47. The van der Waals surface area contributed by atoms with Crippen LogP contribution in [-0.4, -0.2) is 51.1 Å². The Morgan fingerprint density at radius 3 is 2.81 bits per heavy atom. The molecule has 0 bridgehead atoms. The second-order valence-electron chi connectivity index (χ2n) is 6.47. The van der Waals surface area contributed by atoms with E-state index in [1.54, 1.807) is 0 Å². The lowest BCUT2D eigenvalue weighted by Gasteiger charge is -2.30. The average molecular weight is 353 g/mol. The molecule has 0 aliphatic carbocycles. The van der Waals surface area contributed by atoms with Gasteiger partial charge in [0, 0.05) is 44.5 Å². The number of morpholine rings is 1. The number of rotatable bonds is 6. The number of ether oxygens (including phenoxy) is 1. The number of nitrogens with one attached hydrogen (secondary N) is 1. The predicted molar refractivity (Wildman–Crippen MR) is 109 cm³/mol. The summed E-state index contributed by atoms with van der Waals surface area (Å²) in [5, 5.41) is 4.37. The minimum absolute atomic E-state index is 0.744. The van der Waals surface area contributed by atoms with E-state index in [-0.39, 0.29) is 0 Å². The molecule has 2 aromatic rings. The number of hydrazone groups is 1. The number of aromatic nitrogens is 1. The highest BCUT2D eigenvalue weighted by atomic mass is 16.5. The Labute approximate surface area is 155 Å². The maximum absolute atomic E-state index is 5.47. The third-order valence-electron chi connectivity index (χ3n) is 4.47. The molecule has 0 atom stereocenters. The first-order chi connectivity index (χ1) is 12.7. The molecule has 1 aliphatic rings. The van der Waals surface area contributed by atoms with Gasteiger partial charge in [-0.05, 0) is 19.4 Å². The summed E-state index contributed by atoms with van der Waals surface area (Å²) >= 11 is 0. The van der Waals surface area contributed by atoms with Crippen LogP contribution in [0.5, 0.6) is 0 Å². The molecule has 1 N–H and O–H groups in total. The van der Waals surface area contributed by atoms with Crippen LogP contribution in [0, 0.1) is 6.92 Å². The monoisotopic (exact) mass is 353 g/mol. The summed E-state index contributed by atoms with van der Waals surface area (Å²) in [5.41, 5.74) is 6.51. The lowest BCUT2D eigenvalue weighted by atomic mass is 10.2. The molecule has 1 saturated heterocycles. The molecule has 0 amide bonds. The van der Waals surface area contributed by atoms with Crippen LogP contribution in [0.15, 0.2) is 41.5 Å². The number of hydrogen-bond acceptors (Lipinski definition) is 6. The quantitative estimate of drug-likeness (QED) is 0.639. The second kappa shape index (κ2) is 8.67. The molecule has 0 spiro atoms. The molecule has 3 rings (SSSR count). The highest BCUT2D eigenvalue weighted by Crippen LogP contribution is 2.25. The van der Waals surface area contributed by atoms with Crippen LogP contribution in [0.2, 0.25) is 0 Å². The van der Waals surface area contributed by atoms with Crippen LogP contribution in [0.1, 0.15) is 18.1 Å². The second-order valence-corrected chi connectivity index (χ2v) is 6.47. The van der Waals surface area contributed by atoms with E-state index in [0.717, 1.165) is 55.7 Å². The number of nitrogens with zero attached hydrogens (tertiary/aromatic N) is 4. The first kappa shape index (κ1) is 18.2. The van der Waals surface area contributed by atoms with Gasteiger partial charge in [-0.15, -0.1) is 0 Å². The summed E-state index contributed by atoms with van der Waals surface area (Å²) in [7, 11) is 2.05. The van der Waals surface area contributed by atoms with Gasteiger partial charge in [0.15, 0.2) is 5.82 Å². The zero-order valence-corrected chi connectivity index (χ0v) is 15.8. The first-order valence-corrected chi connectivity index (χ1v) is 9.07. The smallest absolute Gasteiger partial charge is 0.150 e. The number of pyridine rings is 1. The molecular formula is C20H27N5O. The minimum atomic E-state index is 0.744. The van der Waals surface area contributed by atoms with E-state index in [1.165, 1.54) is 5.56 Å². The lowest BCUT2D eigenvalue weighted by molar-refractivity contribution is 0.122. The highest BCUT2D eigenvalue weighted by molar-refractivity contribution is 5.80. The molecule has 0 saturated carbocycles. The maximum Gasteiger partial charge on any atom is 0.150 e. The highest BCUT2D eigenvalue weighted by Gasteiger charge is 2.14. The molecule has 1 aromatic heterocycles. The lowest BCUT2D eigenvalue weighted by Crippen LogP contribution is -2.36. The Hall–Kier alpha value is -2.60. The van der Waals surface area contributed by atoms with Gasteiger partial charge in [0.1, 0.15) is 5.82 Å². The zero-order valence-electron chi connectivity index (χ0n) is 15.8. The fourth-order valence-corrected chi connectivity index (χ4v) is 2.84. The minimum Gasteiger partial charge on any atom is -0.378 e. The Kier molecular flexibility index (Phi) is 6.07. The molecule has 0 unspecified atom stereocenters. The van der Waals surface area contributed by atoms with E-state index in [9.17, 15) is 0 Å². The number of aryl methyl sites for hydroxylation is 1. The van der Waals surface area contributed by atoms with Gasteiger partial charge in [0.25, 0.3) is 0 Å². The Morgan fingerprint density at radius 1 is 1.27 bits per heavy atom. The Bertz CT molecular complexity index is 756. The third kappa shape index (κ3) is 4.73. The molecule has 6 heteroatoms. The van der Waals surface area contributed by atoms with Crippen LogP contribution >= 0.6 is 0 Å². The first-order valence-electron chi connectivity index (χ1n) is 9.07. The van der Waals surface area contributed by atoms with Crippen LogP contribution < -0.4 is 15.2 Å². The molecule has 1 aromatic carbocycles. The van der Waals surface area contributed by atoms with Crippen molar-refractivity contribution in [2.45, 2.75) is 13.8 Å². The van der Waals surface area contributed by atoms with E-state index in [2.05, 4.69) is 52.4 Å². The zero-order chi connectivity index (χ0) is 18.4. The van der Waals surface area contributed by atoms with Crippen molar-refractivity contribution in [3.8, 4) is 0 Å². The van der Waals surface area contributed by atoms with Crippen LogP contribution in [0.25, 0.3) is 0 Å². The van der Waals surface area contributed by atoms with Crippen molar-refractivity contribution < 1.29 is 4.74 Å². The van der Waals surface area contributed by atoms with E-state index >= 15 is 0 Å². The Morgan fingerprint density at radius 2 is 2.08 bits per heavy atom. The van der Waals surface area contributed by atoms with Crippen LogP contribution in [-0.2, 0) is 4.74 Å². The number of benzene rings is 1.